The van der Waals surface area contributed by atoms with Crippen LogP contribution in [0, 0.1) is 0 Å². The van der Waals surface area contributed by atoms with Gasteiger partial charge in [-0.3, -0.25) is 4.90 Å². The highest BCUT2D eigenvalue weighted by atomic mass is 32.1. The molecule has 0 unspecified atom stereocenters. The Labute approximate surface area is 123 Å². The van der Waals surface area contributed by atoms with Crippen LogP contribution in [0.1, 0.15) is 5.82 Å². The number of ether oxygens (including phenoxy) is 1. The Morgan fingerprint density at radius 1 is 1.25 bits per heavy atom. The van der Waals surface area contributed by atoms with Gasteiger partial charge in [0.2, 0.25) is 4.96 Å². The maximum Gasteiger partial charge on any atom is 0.235 e. The molecule has 104 valence electrons. The van der Waals surface area contributed by atoms with Crippen LogP contribution in [0.2, 0.25) is 0 Å². The third-order valence-electron chi connectivity index (χ3n) is 3.26. The van der Waals surface area contributed by atoms with Gasteiger partial charge in [-0.15, -0.1) is 21.5 Å². The second-order valence-electron chi connectivity index (χ2n) is 4.58. The van der Waals surface area contributed by atoms with Crippen LogP contribution in [-0.2, 0) is 11.3 Å². The van der Waals surface area contributed by atoms with E-state index in [0.29, 0.717) is 0 Å². The molecule has 4 rings (SSSR count). The van der Waals surface area contributed by atoms with E-state index < -0.39 is 0 Å². The zero-order chi connectivity index (χ0) is 13.4. The van der Waals surface area contributed by atoms with Crippen molar-refractivity contribution in [1.29, 1.82) is 0 Å². The van der Waals surface area contributed by atoms with Crippen molar-refractivity contribution < 1.29 is 4.74 Å². The van der Waals surface area contributed by atoms with Gasteiger partial charge >= 0.3 is 0 Å². The molecule has 0 aliphatic carbocycles. The van der Waals surface area contributed by atoms with Crippen molar-refractivity contribution in [2.75, 3.05) is 26.3 Å². The lowest BCUT2D eigenvalue weighted by Gasteiger charge is -2.25. The lowest BCUT2D eigenvalue weighted by Crippen LogP contribution is -2.36. The van der Waals surface area contributed by atoms with Crippen LogP contribution in [0.3, 0.4) is 0 Å². The average Bonchev–Trinajstić information content (AvgIpc) is 3.17. The number of thiophene rings is 1. The van der Waals surface area contributed by atoms with Crippen LogP contribution >= 0.6 is 22.7 Å². The summed E-state index contributed by atoms with van der Waals surface area (Å²) < 4.78 is 7.23. The van der Waals surface area contributed by atoms with E-state index in [-0.39, 0.29) is 0 Å². The number of hydrogen-bond donors (Lipinski definition) is 0. The average molecular weight is 307 g/mol. The molecule has 0 atom stereocenters. The molecule has 1 aliphatic rings. The number of nitrogens with zero attached hydrogens (tertiary/aromatic N) is 5. The molecule has 4 heterocycles. The fourth-order valence-electron chi connectivity index (χ4n) is 2.22. The fraction of sp³-hybridized carbons (Fsp3) is 0.417. The van der Waals surface area contributed by atoms with Gasteiger partial charge in [0.05, 0.1) is 24.6 Å². The Kier molecular flexibility index (Phi) is 3.23. The first-order chi connectivity index (χ1) is 9.90. The van der Waals surface area contributed by atoms with Gasteiger partial charge in [0.15, 0.2) is 10.8 Å². The lowest BCUT2D eigenvalue weighted by atomic mass is 10.4. The standard InChI is InChI=1S/C12H13N5OS2/c1-2-9(19-7-1)11-15-17-10(13-14-12(17)20-11)8-16-3-5-18-6-4-16/h1-2,7H,3-6,8H2. The Balaban J connectivity index is 1.63. The van der Waals surface area contributed by atoms with Gasteiger partial charge in [-0.05, 0) is 11.4 Å². The highest BCUT2D eigenvalue weighted by Crippen LogP contribution is 2.29. The molecule has 0 aromatic carbocycles. The third kappa shape index (κ3) is 2.24. The first kappa shape index (κ1) is 12.4. The van der Waals surface area contributed by atoms with Crippen molar-refractivity contribution in [3.8, 4) is 9.88 Å². The van der Waals surface area contributed by atoms with Crippen molar-refractivity contribution in [2.24, 2.45) is 0 Å². The van der Waals surface area contributed by atoms with E-state index in [1.807, 2.05) is 10.6 Å². The van der Waals surface area contributed by atoms with Crippen LogP contribution in [0.15, 0.2) is 17.5 Å². The van der Waals surface area contributed by atoms with Crippen molar-refractivity contribution in [3.05, 3.63) is 23.3 Å². The molecule has 20 heavy (non-hydrogen) atoms. The van der Waals surface area contributed by atoms with Gasteiger partial charge in [0.1, 0.15) is 0 Å². The van der Waals surface area contributed by atoms with Gasteiger partial charge in [0, 0.05) is 13.1 Å². The molecule has 3 aromatic heterocycles. The first-order valence-corrected chi connectivity index (χ1v) is 8.15. The summed E-state index contributed by atoms with van der Waals surface area (Å²) in [5, 5.41) is 16.2. The Morgan fingerprint density at radius 3 is 2.95 bits per heavy atom. The summed E-state index contributed by atoms with van der Waals surface area (Å²) in [6.07, 6.45) is 0. The van der Waals surface area contributed by atoms with Crippen molar-refractivity contribution in [3.63, 3.8) is 0 Å². The summed E-state index contributed by atoms with van der Waals surface area (Å²) in [5.41, 5.74) is 0. The number of aromatic nitrogens is 4. The van der Waals surface area contributed by atoms with E-state index in [1.165, 1.54) is 4.88 Å². The zero-order valence-electron chi connectivity index (χ0n) is 10.7. The SMILES string of the molecule is c1csc(-c2nn3c(CN4CCOCC4)nnc3s2)c1. The first-order valence-electron chi connectivity index (χ1n) is 6.45. The van der Waals surface area contributed by atoms with Gasteiger partial charge in [-0.1, -0.05) is 17.4 Å². The van der Waals surface area contributed by atoms with Crippen molar-refractivity contribution in [2.45, 2.75) is 6.54 Å². The molecule has 3 aromatic rings. The van der Waals surface area contributed by atoms with E-state index in [2.05, 4.69) is 31.6 Å². The lowest BCUT2D eigenvalue weighted by molar-refractivity contribution is 0.0328. The number of rotatable bonds is 3. The van der Waals surface area contributed by atoms with Gasteiger partial charge in [-0.25, -0.2) is 0 Å². The minimum atomic E-state index is 0.776. The predicted molar refractivity (Wildman–Crippen MR) is 78.1 cm³/mol. The Morgan fingerprint density at radius 2 is 2.15 bits per heavy atom. The minimum absolute atomic E-state index is 0.776. The van der Waals surface area contributed by atoms with Crippen LogP contribution in [0.4, 0.5) is 0 Å². The molecule has 6 nitrogen and oxygen atoms in total. The van der Waals surface area contributed by atoms with Crippen LogP contribution < -0.4 is 0 Å². The number of fused-ring (bicyclic) bond motifs is 1. The highest BCUT2D eigenvalue weighted by Gasteiger charge is 2.17. The molecular formula is C12H13N5OS2. The second-order valence-corrected chi connectivity index (χ2v) is 6.49. The summed E-state index contributed by atoms with van der Waals surface area (Å²) in [7, 11) is 0. The maximum atomic E-state index is 5.36. The molecule has 1 fully saturated rings. The zero-order valence-corrected chi connectivity index (χ0v) is 12.4. The molecule has 0 bridgehead atoms. The summed E-state index contributed by atoms with van der Waals surface area (Å²) >= 11 is 3.28. The van der Waals surface area contributed by atoms with Crippen molar-refractivity contribution >= 4 is 27.6 Å². The normalized spacial score (nSPS) is 17.0. The van der Waals surface area contributed by atoms with Crippen molar-refractivity contribution in [1.82, 2.24) is 24.7 Å². The molecule has 0 saturated carbocycles. The predicted octanol–water partition coefficient (Wildman–Crippen LogP) is 1.75. The van der Waals surface area contributed by atoms with Crippen LogP contribution in [0.25, 0.3) is 14.8 Å². The topological polar surface area (TPSA) is 55.5 Å². The summed E-state index contributed by atoms with van der Waals surface area (Å²) in [6.45, 7) is 4.24. The second kappa shape index (κ2) is 5.21. The Hall–Kier alpha value is -1.35. The summed E-state index contributed by atoms with van der Waals surface area (Å²) in [5.74, 6) is 0.904. The van der Waals surface area contributed by atoms with E-state index >= 15 is 0 Å². The van der Waals surface area contributed by atoms with Crippen LogP contribution in [-0.4, -0.2) is 51.0 Å². The molecule has 0 radical (unpaired) electrons. The van der Waals surface area contributed by atoms with Gasteiger partial charge < -0.3 is 4.74 Å². The number of morpholine rings is 1. The molecule has 8 heteroatoms. The Bertz CT molecular complexity index is 699. The fourth-order valence-corrected chi connectivity index (χ4v) is 3.87. The van der Waals surface area contributed by atoms with Crippen LogP contribution in [0.5, 0.6) is 0 Å². The molecule has 0 spiro atoms. The molecule has 1 aliphatic heterocycles. The summed E-state index contributed by atoms with van der Waals surface area (Å²) in [6, 6.07) is 4.12. The molecule has 0 N–H and O–H groups in total. The molecule has 0 amide bonds. The molecule has 1 saturated heterocycles. The monoisotopic (exact) mass is 307 g/mol. The quantitative estimate of drug-likeness (QED) is 0.738. The van der Waals surface area contributed by atoms with E-state index in [4.69, 9.17) is 4.74 Å². The third-order valence-corrected chi connectivity index (χ3v) is 5.19. The maximum absolute atomic E-state index is 5.36. The van der Waals surface area contributed by atoms with Gasteiger partial charge in [-0.2, -0.15) is 9.61 Å². The van der Waals surface area contributed by atoms with E-state index in [0.717, 1.165) is 48.6 Å². The molecular weight excluding hydrogens is 294 g/mol. The summed E-state index contributed by atoms with van der Waals surface area (Å²) in [4.78, 5) is 4.36. The highest BCUT2D eigenvalue weighted by molar-refractivity contribution is 7.23. The number of hydrogen-bond acceptors (Lipinski definition) is 7. The smallest absolute Gasteiger partial charge is 0.235 e. The van der Waals surface area contributed by atoms with E-state index in [1.54, 1.807) is 22.7 Å². The largest absolute Gasteiger partial charge is 0.379 e. The van der Waals surface area contributed by atoms with Gasteiger partial charge in [0.25, 0.3) is 0 Å². The minimum Gasteiger partial charge on any atom is -0.379 e. The van der Waals surface area contributed by atoms with E-state index in [9.17, 15) is 0 Å².